The van der Waals surface area contributed by atoms with E-state index in [1.807, 2.05) is 0 Å². The van der Waals surface area contributed by atoms with Crippen LogP contribution in [0.1, 0.15) is 10.4 Å². The summed E-state index contributed by atoms with van der Waals surface area (Å²) in [6, 6.07) is 12.6. The van der Waals surface area contributed by atoms with Gasteiger partial charge in [0.25, 0.3) is 5.91 Å². The number of sulfone groups is 1. The van der Waals surface area contributed by atoms with Crippen molar-refractivity contribution < 1.29 is 21.6 Å². The van der Waals surface area contributed by atoms with Crippen LogP contribution in [0.3, 0.4) is 0 Å². The van der Waals surface area contributed by atoms with Crippen molar-refractivity contribution in [3.63, 3.8) is 0 Å². The Balaban J connectivity index is 1.87. The largest absolute Gasteiger partial charge is 0.322 e. The van der Waals surface area contributed by atoms with E-state index in [9.17, 15) is 21.6 Å². The first kappa shape index (κ1) is 19.8. The molecule has 0 bridgehead atoms. The van der Waals surface area contributed by atoms with Crippen LogP contribution in [0.4, 0.5) is 5.69 Å². The van der Waals surface area contributed by atoms with E-state index in [1.165, 1.54) is 18.2 Å². The molecular formula is C17H17ClN2O5S2. The van der Waals surface area contributed by atoms with Crippen molar-refractivity contribution in [1.29, 1.82) is 0 Å². The van der Waals surface area contributed by atoms with Gasteiger partial charge in [-0.2, -0.15) is 4.31 Å². The molecule has 2 aromatic rings. The summed E-state index contributed by atoms with van der Waals surface area (Å²) in [6.45, 7) is -0.225. The standard InChI is InChI=1S/C17H17ClN2O5S2/c18-16-7-6-14(27(24,25)20-8-10-26(22,23)11-9-20)12-15(16)17(21)19-13-4-2-1-3-5-13/h1-7,12H,8-11H2,(H,19,21). The van der Waals surface area contributed by atoms with E-state index in [4.69, 9.17) is 11.6 Å². The number of hydrogen-bond acceptors (Lipinski definition) is 5. The molecule has 0 radical (unpaired) electrons. The van der Waals surface area contributed by atoms with E-state index < -0.39 is 25.8 Å². The van der Waals surface area contributed by atoms with Gasteiger partial charge in [-0.05, 0) is 30.3 Å². The zero-order valence-corrected chi connectivity index (χ0v) is 16.5. The zero-order chi connectivity index (χ0) is 19.7. The van der Waals surface area contributed by atoms with Crippen molar-refractivity contribution in [3.8, 4) is 0 Å². The fourth-order valence-corrected chi connectivity index (χ4v) is 5.75. The minimum absolute atomic E-state index is 0.0197. The molecule has 1 heterocycles. The second kappa shape index (κ2) is 7.59. The van der Waals surface area contributed by atoms with Crippen molar-refractivity contribution in [2.24, 2.45) is 0 Å². The lowest BCUT2D eigenvalue weighted by atomic mass is 10.2. The third kappa shape index (κ3) is 4.49. The predicted octanol–water partition coefficient (Wildman–Crippen LogP) is 2.01. The van der Waals surface area contributed by atoms with Crippen molar-refractivity contribution in [1.82, 2.24) is 4.31 Å². The number of nitrogens with one attached hydrogen (secondary N) is 1. The topological polar surface area (TPSA) is 101 Å². The molecule has 2 aromatic carbocycles. The summed E-state index contributed by atoms with van der Waals surface area (Å²) in [5, 5.41) is 2.77. The van der Waals surface area contributed by atoms with E-state index in [1.54, 1.807) is 30.3 Å². The van der Waals surface area contributed by atoms with Gasteiger partial charge in [0.1, 0.15) is 0 Å². The smallest absolute Gasteiger partial charge is 0.257 e. The molecule has 1 aliphatic heterocycles. The Kier molecular flexibility index (Phi) is 5.57. The summed E-state index contributed by atoms with van der Waals surface area (Å²) >= 11 is 6.08. The number of carbonyl (C=O) groups excluding carboxylic acids is 1. The summed E-state index contributed by atoms with van der Waals surface area (Å²) in [7, 11) is -7.14. The summed E-state index contributed by atoms with van der Waals surface area (Å²) in [5.74, 6) is -0.980. The van der Waals surface area contributed by atoms with Crippen LogP contribution < -0.4 is 5.32 Å². The Morgan fingerprint density at radius 1 is 1.04 bits per heavy atom. The Morgan fingerprint density at radius 2 is 1.67 bits per heavy atom. The average molecular weight is 429 g/mol. The van der Waals surface area contributed by atoms with E-state index in [2.05, 4.69) is 5.32 Å². The molecule has 27 heavy (non-hydrogen) atoms. The maximum atomic E-state index is 12.8. The molecule has 1 N–H and O–H groups in total. The fraction of sp³-hybridized carbons (Fsp3) is 0.235. The molecule has 0 aromatic heterocycles. The molecule has 1 amide bonds. The van der Waals surface area contributed by atoms with Gasteiger partial charge in [0.2, 0.25) is 10.0 Å². The molecule has 0 saturated carbocycles. The third-order valence-electron chi connectivity index (χ3n) is 4.16. The first-order chi connectivity index (χ1) is 12.7. The Morgan fingerprint density at radius 3 is 2.30 bits per heavy atom. The number of hydrogen-bond donors (Lipinski definition) is 1. The van der Waals surface area contributed by atoms with Crippen molar-refractivity contribution in [2.75, 3.05) is 29.9 Å². The van der Waals surface area contributed by atoms with E-state index in [0.717, 1.165) is 4.31 Å². The van der Waals surface area contributed by atoms with Gasteiger partial charge in [0, 0.05) is 18.8 Å². The molecule has 0 atom stereocenters. The summed E-state index contributed by atoms with van der Waals surface area (Å²) < 4.78 is 49.8. The number of carbonyl (C=O) groups is 1. The molecule has 144 valence electrons. The highest BCUT2D eigenvalue weighted by atomic mass is 35.5. The van der Waals surface area contributed by atoms with Crippen LogP contribution in [-0.2, 0) is 19.9 Å². The Labute approximate surface area is 162 Å². The van der Waals surface area contributed by atoms with Crippen LogP contribution in [0.25, 0.3) is 0 Å². The Bertz CT molecular complexity index is 1060. The zero-order valence-electron chi connectivity index (χ0n) is 14.1. The van der Waals surface area contributed by atoms with Gasteiger partial charge in [0.15, 0.2) is 9.84 Å². The minimum Gasteiger partial charge on any atom is -0.322 e. The van der Waals surface area contributed by atoms with Gasteiger partial charge in [-0.3, -0.25) is 4.79 Å². The SMILES string of the molecule is O=C(Nc1ccccc1)c1cc(S(=O)(=O)N2CCS(=O)(=O)CC2)ccc1Cl. The van der Waals surface area contributed by atoms with Crippen molar-refractivity contribution in [2.45, 2.75) is 4.90 Å². The van der Waals surface area contributed by atoms with Gasteiger partial charge in [-0.1, -0.05) is 29.8 Å². The van der Waals surface area contributed by atoms with Gasteiger partial charge in [0.05, 0.1) is 27.0 Å². The molecule has 0 aliphatic carbocycles. The van der Waals surface area contributed by atoms with Gasteiger partial charge in [-0.25, -0.2) is 16.8 Å². The molecule has 7 nitrogen and oxygen atoms in total. The maximum Gasteiger partial charge on any atom is 0.257 e. The lowest BCUT2D eigenvalue weighted by molar-refractivity contribution is 0.102. The first-order valence-electron chi connectivity index (χ1n) is 8.05. The molecule has 0 spiro atoms. The molecule has 3 rings (SSSR count). The summed E-state index contributed by atoms with van der Waals surface area (Å²) in [5.41, 5.74) is 0.569. The second-order valence-corrected chi connectivity index (χ2v) is 10.7. The number of benzene rings is 2. The highest BCUT2D eigenvalue weighted by Crippen LogP contribution is 2.25. The lowest BCUT2D eigenvalue weighted by Gasteiger charge is -2.26. The number of anilines is 1. The molecule has 10 heteroatoms. The number of nitrogens with zero attached hydrogens (tertiary/aromatic N) is 1. The molecule has 1 fully saturated rings. The highest BCUT2D eigenvalue weighted by Gasteiger charge is 2.31. The predicted molar refractivity (Wildman–Crippen MR) is 103 cm³/mol. The highest BCUT2D eigenvalue weighted by molar-refractivity contribution is 7.92. The number of para-hydroxylation sites is 1. The molecule has 1 aliphatic rings. The van der Waals surface area contributed by atoms with E-state index >= 15 is 0 Å². The monoisotopic (exact) mass is 428 g/mol. The third-order valence-corrected chi connectivity index (χ3v) is 7.99. The van der Waals surface area contributed by atoms with Crippen molar-refractivity contribution in [3.05, 3.63) is 59.1 Å². The lowest BCUT2D eigenvalue weighted by Crippen LogP contribution is -2.43. The number of halogens is 1. The average Bonchev–Trinajstić information content (AvgIpc) is 2.62. The van der Waals surface area contributed by atoms with Gasteiger partial charge in [-0.15, -0.1) is 0 Å². The second-order valence-electron chi connectivity index (χ2n) is 6.02. The quantitative estimate of drug-likeness (QED) is 0.802. The van der Waals surface area contributed by atoms with Gasteiger partial charge >= 0.3 is 0 Å². The normalized spacial score (nSPS) is 17.4. The molecular weight excluding hydrogens is 412 g/mol. The molecule has 1 saturated heterocycles. The van der Waals surface area contributed by atoms with Crippen LogP contribution in [0.2, 0.25) is 5.02 Å². The Hall–Kier alpha value is -1.94. The first-order valence-corrected chi connectivity index (χ1v) is 11.7. The van der Waals surface area contributed by atoms with Crippen LogP contribution in [-0.4, -0.2) is 51.6 Å². The van der Waals surface area contributed by atoms with Gasteiger partial charge < -0.3 is 5.32 Å². The molecule has 0 unspecified atom stereocenters. The fourth-order valence-electron chi connectivity index (χ4n) is 2.64. The summed E-state index contributed by atoms with van der Waals surface area (Å²) in [4.78, 5) is 12.4. The van der Waals surface area contributed by atoms with Crippen LogP contribution in [0.5, 0.6) is 0 Å². The van der Waals surface area contributed by atoms with Crippen LogP contribution in [0, 0.1) is 0 Å². The number of rotatable bonds is 4. The number of sulfonamides is 1. The van der Waals surface area contributed by atoms with E-state index in [0.29, 0.717) is 5.69 Å². The number of amides is 1. The van der Waals surface area contributed by atoms with E-state index in [-0.39, 0.29) is 40.1 Å². The minimum atomic E-state index is -3.93. The maximum absolute atomic E-state index is 12.8. The van der Waals surface area contributed by atoms with Crippen LogP contribution in [0.15, 0.2) is 53.4 Å². The van der Waals surface area contributed by atoms with Crippen molar-refractivity contribution >= 4 is 43.1 Å². The summed E-state index contributed by atoms with van der Waals surface area (Å²) in [6.07, 6.45) is 0. The van der Waals surface area contributed by atoms with Crippen LogP contribution >= 0.6 is 11.6 Å².